The first kappa shape index (κ1) is 23.7. The van der Waals surface area contributed by atoms with Crippen LogP contribution in [0, 0.1) is 29.1 Å². The van der Waals surface area contributed by atoms with Crippen LogP contribution in [0.15, 0.2) is 30.3 Å². The molecule has 0 bridgehead atoms. The molecule has 7 atom stereocenters. The molecule has 2 aliphatic carbocycles. The van der Waals surface area contributed by atoms with E-state index in [0.29, 0.717) is 18.7 Å². The molecule has 0 spiro atoms. The SMILES string of the molecule is COCCNC(=O)[C@@H](C)[C@H]1CC[C@@]2(C)CC[C@H](NC(=O)c3ccccc3)[C@@H](C)[C@@H]2[C@H]1O. The maximum atomic E-state index is 12.7. The molecule has 2 amide bonds. The first-order chi connectivity index (χ1) is 14.8. The molecule has 3 rings (SSSR count). The van der Waals surface area contributed by atoms with Gasteiger partial charge in [0.2, 0.25) is 5.91 Å². The van der Waals surface area contributed by atoms with E-state index >= 15 is 0 Å². The molecule has 0 aliphatic heterocycles. The summed E-state index contributed by atoms with van der Waals surface area (Å²) in [6.07, 6.45) is 3.17. The maximum absolute atomic E-state index is 12.7. The Morgan fingerprint density at radius 2 is 1.90 bits per heavy atom. The maximum Gasteiger partial charge on any atom is 0.251 e. The van der Waals surface area contributed by atoms with Crippen LogP contribution in [-0.4, -0.2) is 49.3 Å². The van der Waals surface area contributed by atoms with Crippen molar-refractivity contribution < 1.29 is 19.4 Å². The van der Waals surface area contributed by atoms with Gasteiger partial charge in [-0.25, -0.2) is 0 Å². The van der Waals surface area contributed by atoms with Crippen LogP contribution in [-0.2, 0) is 9.53 Å². The largest absolute Gasteiger partial charge is 0.392 e. The highest BCUT2D eigenvalue weighted by Crippen LogP contribution is 2.55. The molecule has 3 N–H and O–H groups in total. The Morgan fingerprint density at radius 3 is 2.58 bits per heavy atom. The summed E-state index contributed by atoms with van der Waals surface area (Å²) in [5.41, 5.74) is 0.696. The predicted octanol–water partition coefficient (Wildman–Crippen LogP) is 3.01. The molecule has 0 unspecified atom stereocenters. The van der Waals surface area contributed by atoms with Crippen molar-refractivity contribution in [2.75, 3.05) is 20.3 Å². The minimum Gasteiger partial charge on any atom is -0.392 e. The van der Waals surface area contributed by atoms with Crippen molar-refractivity contribution in [1.29, 1.82) is 0 Å². The van der Waals surface area contributed by atoms with E-state index < -0.39 is 6.10 Å². The number of ether oxygens (including phenoxy) is 1. The number of rotatable bonds is 7. The summed E-state index contributed by atoms with van der Waals surface area (Å²) in [5, 5.41) is 17.6. The lowest BCUT2D eigenvalue weighted by atomic mass is 9.51. The Labute approximate surface area is 186 Å². The molecule has 31 heavy (non-hydrogen) atoms. The Bertz CT molecular complexity index is 755. The molecule has 2 aliphatic rings. The second kappa shape index (κ2) is 10.1. The van der Waals surface area contributed by atoms with Crippen molar-refractivity contribution in [2.24, 2.45) is 29.1 Å². The van der Waals surface area contributed by atoms with E-state index in [0.717, 1.165) is 25.7 Å². The van der Waals surface area contributed by atoms with Crippen molar-refractivity contribution in [1.82, 2.24) is 10.6 Å². The van der Waals surface area contributed by atoms with Crippen LogP contribution in [0.3, 0.4) is 0 Å². The van der Waals surface area contributed by atoms with Crippen molar-refractivity contribution in [3.8, 4) is 0 Å². The van der Waals surface area contributed by atoms with E-state index in [1.807, 2.05) is 37.3 Å². The number of aliphatic hydroxyl groups excluding tert-OH is 1. The molecule has 172 valence electrons. The summed E-state index contributed by atoms with van der Waals surface area (Å²) in [5.74, 6) is -0.242. The Balaban J connectivity index is 1.70. The van der Waals surface area contributed by atoms with Crippen LogP contribution in [0.5, 0.6) is 0 Å². The average molecular weight is 431 g/mol. The molecular weight excluding hydrogens is 392 g/mol. The van der Waals surface area contributed by atoms with Crippen molar-refractivity contribution >= 4 is 11.8 Å². The fraction of sp³-hybridized carbons (Fsp3) is 0.680. The third-order valence-corrected chi connectivity index (χ3v) is 7.90. The zero-order valence-electron chi connectivity index (χ0n) is 19.3. The molecule has 6 heteroatoms. The van der Waals surface area contributed by atoms with Crippen LogP contribution in [0.2, 0.25) is 0 Å². The van der Waals surface area contributed by atoms with E-state index in [-0.39, 0.29) is 46.9 Å². The fourth-order valence-corrected chi connectivity index (χ4v) is 5.97. The van der Waals surface area contributed by atoms with Crippen LogP contribution < -0.4 is 10.6 Å². The topological polar surface area (TPSA) is 87.7 Å². The first-order valence-corrected chi connectivity index (χ1v) is 11.6. The first-order valence-electron chi connectivity index (χ1n) is 11.6. The Kier molecular flexibility index (Phi) is 7.76. The molecule has 0 radical (unpaired) electrons. The van der Waals surface area contributed by atoms with Crippen LogP contribution in [0.4, 0.5) is 0 Å². The monoisotopic (exact) mass is 430 g/mol. The molecular formula is C25H38N2O4. The Hall–Kier alpha value is -1.92. The number of hydrogen-bond donors (Lipinski definition) is 3. The molecule has 6 nitrogen and oxygen atoms in total. The number of nitrogens with one attached hydrogen (secondary N) is 2. The van der Waals surface area contributed by atoms with Gasteiger partial charge >= 0.3 is 0 Å². The number of carbonyl (C=O) groups is 2. The second-order valence-corrected chi connectivity index (χ2v) is 9.79. The lowest BCUT2D eigenvalue weighted by Gasteiger charge is -2.56. The standard InChI is InChI=1S/C25H38N2O4/c1-16(23(29)26-14-15-31-4)19-10-12-25(3)13-11-20(17(2)21(25)22(19)28)27-24(30)18-8-6-5-7-9-18/h5-9,16-17,19-22,28H,10-15H2,1-4H3,(H,26,29)(H,27,30)/t16-,17+,19+,20-,21+,22-,25-/m0/s1. The molecule has 0 heterocycles. The van der Waals surface area contributed by atoms with Crippen molar-refractivity contribution in [3.63, 3.8) is 0 Å². The third-order valence-electron chi connectivity index (χ3n) is 7.90. The molecule has 1 aromatic rings. The van der Waals surface area contributed by atoms with Gasteiger partial charge in [0, 0.05) is 31.2 Å². The van der Waals surface area contributed by atoms with Gasteiger partial charge in [-0.1, -0.05) is 39.0 Å². The van der Waals surface area contributed by atoms with Crippen LogP contribution >= 0.6 is 0 Å². The summed E-state index contributed by atoms with van der Waals surface area (Å²) in [7, 11) is 1.61. The highest BCUT2D eigenvalue weighted by Gasteiger charge is 2.53. The minimum absolute atomic E-state index is 0.0185. The van der Waals surface area contributed by atoms with Crippen molar-refractivity contribution in [2.45, 2.75) is 58.6 Å². The summed E-state index contributed by atoms with van der Waals surface area (Å²) in [6.45, 7) is 7.29. The number of amides is 2. The van der Waals surface area contributed by atoms with Gasteiger partial charge in [-0.3, -0.25) is 9.59 Å². The van der Waals surface area contributed by atoms with Gasteiger partial charge < -0.3 is 20.5 Å². The summed E-state index contributed by atoms with van der Waals surface area (Å²) in [4.78, 5) is 25.3. The molecule has 2 saturated carbocycles. The van der Waals surface area contributed by atoms with E-state index in [4.69, 9.17) is 4.74 Å². The van der Waals surface area contributed by atoms with Gasteiger partial charge in [-0.2, -0.15) is 0 Å². The molecule has 0 saturated heterocycles. The van der Waals surface area contributed by atoms with Crippen LogP contribution in [0.1, 0.15) is 56.8 Å². The van der Waals surface area contributed by atoms with Gasteiger partial charge in [0.25, 0.3) is 5.91 Å². The average Bonchev–Trinajstić information content (AvgIpc) is 2.76. The zero-order chi connectivity index (χ0) is 22.6. The number of hydrogen-bond acceptors (Lipinski definition) is 4. The zero-order valence-corrected chi connectivity index (χ0v) is 19.3. The lowest BCUT2D eigenvalue weighted by molar-refractivity contribution is -0.142. The number of aliphatic hydroxyl groups is 1. The number of fused-ring (bicyclic) bond motifs is 1. The number of methoxy groups -OCH3 is 1. The highest BCUT2D eigenvalue weighted by atomic mass is 16.5. The van der Waals surface area contributed by atoms with Gasteiger partial charge in [-0.05, 0) is 61.0 Å². The number of benzene rings is 1. The van der Waals surface area contributed by atoms with E-state index in [9.17, 15) is 14.7 Å². The predicted molar refractivity (Wildman–Crippen MR) is 120 cm³/mol. The van der Waals surface area contributed by atoms with Gasteiger partial charge in [0.15, 0.2) is 0 Å². The van der Waals surface area contributed by atoms with E-state index in [1.54, 1.807) is 7.11 Å². The lowest BCUT2D eigenvalue weighted by Crippen LogP contribution is -2.58. The van der Waals surface area contributed by atoms with Crippen LogP contribution in [0.25, 0.3) is 0 Å². The fourth-order valence-electron chi connectivity index (χ4n) is 5.97. The minimum atomic E-state index is -0.562. The normalized spacial score (nSPS) is 33.8. The van der Waals surface area contributed by atoms with Crippen molar-refractivity contribution in [3.05, 3.63) is 35.9 Å². The summed E-state index contributed by atoms with van der Waals surface area (Å²) >= 11 is 0. The highest BCUT2D eigenvalue weighted by molar-refractivity contribution is 5.94. The van der Waals surface area contributed by atoms with Gasteiger partial charge in [-0.15, -0.1) is 0 Å². The molecule has 2 fully saturated rings. The Morgan fingerprint density at radius 1 is 1.23 bits per heavy atom. The second-order valence-electron chi connectivity index (χ2n) is 9.79. The summed E-state index contributed by atoms with van der Waals surface area (Å²) in [6, 6.07) is 9.29. The van der Waals surface area contributed by atoms with Gasteiger partial charge in [0.1, 0.15) is 0 Å². The van der Waals surface area contributed by atoms with Gasteiger partial charge in [0.05, 0.1) is 12.7 Å². The summed E-state index contributed by atoms with van der Waals surface area (Å²) < 4.78 is 5.01. The third kappa shape index (κ3) is 5.12. The number of carbonyl (C=O) groups excluding carboxylic acids is 2. The molecule has 0 aromatic heterocycles. The molecule has 1 aromatic carbocycles. The smallest absolute Gasteiger partial charge is 0.251 e. The van der Waals surface area contributed by atoms with E-state index in [1.165, 1.54) is 0 Å². The van der Waals surface area contributed by atoms with E-state index in [2.05, 4.69) is 24.5 Å². The quantitative estimate of drug-likeness (QED) is 0.581.